The largest absolute Gasteiger partial charge is 0.454 e. The van der Waals surface area contributed by atoms with Crippen molar-refractivity contribution >= 4 is 29.2 Å². The van der Waals surface area contributed by atoms with Gasteiger partial charge in [0.25, 0.3) is 0 Å². The average Bonchev–Trinajstić information content (AvgIpc) is 3.04. The minimum absolute atomic E-state index is 0.0299. The lowest BCUT2D eigenvalue weighted by molar-refractivity contribution is 0.0437. The highest BCUT2D eigenvalue weighted by Crippen LogP contribution is 2.21. The number of hydrogen-bond acceptors (Lipinski definition) is 5. The second-order valence-electron chi connectivity index (χ2n) is 5.11. The van der Waals surface area contributed by atoms with Crippen molar-refractivity contribution in [1.29, 1.82) is 0 Å². The van der Waals surface area contributed by atoms with Crippen LogP contribution in [0, 0.1) is 6.92 Å². The first-order valence-corrected chi connectivity index (χ1v) is 7.79. The van der Waals surface area contributed by atoms with Gasteiger partial charge in [-0.3, -0.25) is 0 Å². The van der Waals surface area contributed by atoms with Crippen LogP contribution in [0.3, 0.4) is 0 Å². The molecular formula is C17H12Cl2N2O3. The molecule has 7 heteroatoms. The fraction of sp³-hybridized carbons (Fsp3) is 0.118. The summed E-state index contributed by atoms with van der Waals surface area (Å²) in [5, 5.41) is 4.30. The number of esters is 1. The smallest absolute Gasteiger partial charge is 0.341 e. The number of halogens is 2. The van der Waals surface area contributed by atoms with Crippen LogP contribution >= 0.6 is 23.2 Å². The Morgan fingerprint density at radius 2 is 1.96 bits per heavy atom. The number of ether oxygens (including phenoxy) is 1. The molecule has 24 heavy (non-hydrogen) atoms. The lowest BCUT2D eigenvalue weighted by Crippen LogP contribution is -2.06. The molecule has 1 aromatic carbocycles. The fourth-order valence-corrected chi connectivity index (χ4v) is 2.36. The SMILES string of the molecule is Cc1ccc(-c2cc(COC(=O)c3cc(Cl)cnc3Cl)on2)cc1. The summed E-state index contributed by atoms with van der Waals surface area (Å²) in [7, 11) is 0. The van der Waals surface area contributed by atoms with Gasteiger partial charge in [-0.2, -0.15) is 0 Å². The normalized spacial score (nSPS) is 10.6. The summed E-state index contributed by atoms with van der Waals surface area (Å²) in [4.78, 5) is 15.8. The van der Waals surface area contributed by atoms with Crippen molar-refractivity contribution in [2.24, 2.45) is 0 Å². The molecule has 0 aliphatic heterocycles. The van der Waals surface area contributed by atoms with E-state index in [1.165, 1.54) is 12.3 Å². The van der Waals surface area contributed by atoms with Gasteiger partial charge in [-0.15, -0.1) is 0 Å². The standard InChI is InChI=1S/C17H12Cl2N2O3/c1-10-2-4-11(5-3-10)15-7-13(24-21-15)9-23-17(22)14-6-12(18)8-20-16(14)19/h2-8H,9H2,1H3. The summed E-state index contributed by atoms with van der Waals surface area (Å²) >= 11 is 11.7. The predicted octanol–water partition coefficient (Wildman–Crippen LogP) is 4.71. The Kier molecular flexibility index (Phi) is 4.83. The third-order valence-electron chi connectivity index (χ3n) is 3.28. The lowest BCUT2D eigenvalue weighted by atomic mass is 10.1. The Morgan fingerprint density at radius 3 is 2.71 bits per heavy atom. The number of carbonyl (C=O) groups is 1. The topological polar surface area (TPSA) is 65.2 Å². The molecule has 0 spiro atoms. The maximum absolute atomic E-state index is 12.0. The summed E-state index contributed by atoms with van der Waals surface area (Å²) < 4.78 is 10.4. The van der Waals surface area contributed by atoms with E-state index in [2.05, 4.69) is 10.1 Å². The predicted molar refractivity (Wildman–Crippen MR) is 90.1 cm³/mol. The van der Waals surface area contributed by atoms with Crippen molar-refractivity contribution in [2.75, 3.05) is 0 Å². The summed E-state index contributed by atoms with van der Waals surface area (Å²) in [6.45, 7) is 1.94. The minimum atomic E-state index is -0.636. The molecule has 2 aromatic heterocycles. The maximum atomic E-state index is 12.0. The van der Waals surface area contributed by atoms with Gasteiger partial charge in [0.05, 0.1) is 10.6 Å². The van der Waals surface area contributed by atoms with Crippen LogP contribution in [0.1, 0.15) is 21.7 Å². The zero-order chi connectivity index (χ0) is 17.1. The van der Waals surface area contributed by atoms with Crippen LogP contribution in [-0.4, -0.2) is 16.1 Å². The lowest BCUT2D eigenvalue weighted by Gasteiger charge is -2.04. The van der Waals surface area contributed by atoms with Crippen LogP contribution in [0.25, 0.3) is 11.3 Å². The van der Waals surface area contributed by atoms with Gasteiger partial charge in [-0.1, -0.05) is 58.2 Å². The van der Waals surface area contributed by atoms with Crippen LogP contribution in [0.5, 0.6) is 0 Å². The third kappa shape index (κ3) is 3.75. The number of aromatic nitrogens is 2. The van der Waals surface area contributed by atoms with E-state index >= 15 is 0 Å². The van der Waals surface area contributed by atoms with Crippen LogP contribution in [-0.2, 0) is 11.3 Å². The monoisotopic (exact) mass is 362 g/mol. The summed E-state index contributed by atoms with van der Waals surface area (Å²) in [5.74, 6) is -0.215. The van der Waals surface area contributed by atoms with Gasteiger partial charge in [0, 0.05) is 17.8 Å². The summed E-state index contributed by atoms with van der Waals surface area (Å²) in [6, 6.07) is 11.0. The Labute approximate surface area is 148 Å². The minimum Gasteiger partial charge on any atom is -0.454 e. The van der Waals surface area contributed by atoms with Crippen LogP contribution in [0.15, 0.2) is 47.1 Å². The Bertz CT molecular complexity index is 876. The number of aryl methyl sites for hydroxylation is 1. The van der Waals surface area contributed by atoms with Crippen molar-refractivity contribution in [3.05, 3.63) is 69.7 Å². The molecule has 0 fully saturated rings. The Morgan fingerprint density at radius 1 is 1.21 bits per heavy atom. The summed E-state index contributed by atoms with van der Waals surface area (Å²) in [5.41, 5.74) is 2.85. The molecule has 122 valence electrons. The van der Waals surface area contributed by atoms with E-state index in [9.17, 15) is 4.79 Å². The fourth-order valence-electron chi connectivity index (χ4n) is 2.02. The molecule has 0 saturated carbocycles. The number of benzene rings is 1. The molecule has 0 radical (unpaired) electrons. The molecule has 3 aromatic rings. The van der Waals surface area contributed by atoms with Crippen LogP contribution in [0.4, 0.5) is 0 Å². The molecule has 0 atom stereocenters. The van der Waals surface area contributed by atoms with E-state index in [1.807, 2.05) is 31.2 Å². The van der Waals surface area contributed by atoms with E-state index in [0.29, 0.717) is 16.5 Å². The van der Waals surface area contributed by atoms with E-state index in [1.54, 1.807) is 6.07 Å². The average molecular weight is 363 g/mol. The molecule has 0 aliphatic rings. The highest BCUT2D eigenvalue weighted by molar-refractivity contribution is 6.34. The van der Waals surface area contributed by atoms with E-state index < -0.39 is 5.97 Å². The van der Waals surface area contributed by atoms with Crippen molar-refractivity contribution in [2.45, 2.75) is 13.5 Å². The number of carbonyl (C=O) groups excluding carboxylic acids is 1. The zero-order valence-electron chi connectivity index (χ0n) is 12.6. The number of nitrogens with zero attached hydrogens (tertiary/aromatic N) is 2. The van der Waals surface area contributed by atoms with Crippen LogP contribution in [0.2, 0.25) is 10.2 Å². The van der Waals surface area contributed by atoms with Gasteiger partial charge >= 0.3 is 5.97 Å². The molecule has 0 N–H and O–H groups in total. The highest BCUT2D eigenvalue weighted by atomic mass is 35.5. The van der Waals surface area contributed by atoms with Gasteiger partial charge in [0.15, 0.2) is 12.4 Å². The highest BCUT2D eigenvalue weighted by Gasteiger charge is 2.15. The number of pyridine rings is 1. The second-order valence-corrected chi connectivity index (χ2v) is 5.91. The van der Waals surface area contributed by atoms with E-state index in [-0.39, 0.29) is 17.3 Å². The molecule has 0 unspecified atom stereocenters. The number of hydrogen-bond donors (Lipinski definition) is 0. The zero-order valence-corrected chi connectivity index (χ0v) is 14.1. The molecule has 5 nitrogen and oxygen atoms in total. The van der Waals surface area contributed by atoms with Crippen molar-refractivity contribution in [3.63, 3.8) is 0 Å². The van der Waals surface area contributed by atoms with Gasteiger partial charge in [0.2, 0.25) is 0 Å². The van der Waals surface area contributed by atoms with Gasteiger partial charge < -0.3 is 9.26 Å². The molecule has 3 rings (SSSR count). The maximum Gasteiger partial charge on any atom is 0.341 e. The van der Waals surface area contributed by atoms with Gasteiger partial charge in [-0.25, -0.2) is 9.78 Å². The molecule has 0 saturated heterocycles. The third-order valence-corrected chi connectivity index (χ3v) is 3.79. The molecule has 0 aliphatic carbocycles. The van der Waals surface area contributed by atoms with Gasteiger partial charge in [-0.05, 0) is 13.0 Å². The second kappa shape index (κ2) is 7.03. The first-order valence-electron chi connectivity index (χ1n) is 7.04. The summed E-state index contributed by atoms with van der Waals surface area (Å²) in [6.07, 6.45) is 1.35. The molecule has 0 bridgehead atoms. The van der Waals surface area contributed by atoms with Crippen molar-refractivity contribution in [3.8, 4) is 11.3 Å². The Balaban J connectivity index is 1.68. The van der Waals surface area contributed by atoms with Crippen molar-refractivity contribution < 1.29 is 14.1 Å². The number of rotatable bonds is 4. The Hall–Kier alpha value is -2.37. The molecule has 2 heterocycles. The van der Waals surface area contributed by atoms with E-state index in [4.69, 9.17) is 32.5 Å². The van der Waals surface area contributed by atoms with Crippen LogP contribution < -0.4 is 0 Å². The van der Waals surface area contributed by atoms with E-state index in [0.717, 1.165) is 11.1 Å². The van der Waals surface area contributed by atoms with Crippen molar-refractivity contribution in [1.82, 2.24) is 10.1 Å². The quantitative estimate of drug-likeness (QED) is 0.496. The first kappa shape index (κ1) is 16.5. The molecule has 0 amide bonds. The molecular weight excluding hydrogens is 351 g/mol. The first-order chi connectivity index (χ1) is 11.5. The van der Waals surface area contributed by atoms with Gasteiger partial charge in [0.1, 0.15) is 10.8 Å².